The third kappa shape index (κ3) is 8.66. The second-order valence-corrected chi connectivity index (χ2v) is 13.1. The highest BCUT2D eigenvalue weighted by atomic mass is 79.9. The first-order valence-electron chi connectivity index (χ1n) is 13.3. The molecule has 3 rings (SSSR count). The first kappa shape index (κ1) is 31.4. The molecule has 214 valence electrons. The molecule has 2 amide bonds. The van der Waals surface area contributed by atoms with Crippen LogP contribution in [-0.4, -0.2) is 50.0 Å². The number of halogens is 1. The van der Waals surface area contributed by atoms with E-state index in [9.17, 15) is 18.0 Å². The highest BCUT2D eigenvalue weighted by Crippen LogP contribution is 2.25. The second kappa shape index (κ2) is 13.9. The maximum atomic E-state index is 14.2. The van der Waals surface area contributed by atoms with Gasteiger partial charge in [-0.15, -0.1) is 0 Å². The monoisotopic (exact) mass is 627 g/mol. The number of nitrogens with one attached hydrogen (secondary N) is 1. The van der Waals surface area contributed by atoms with E-state index in [-0.39, 0.29) is 24.9 Å². The summed E-state index contributed by atoms with van der Waals surface area (Å²) in [5, 5.41) is 3.04. The Balaban J connectivity index is 2.08. The molecule has 3 aromatic carbocycles. The third-order valence-electron chi connectivity index (χ3n) is 6.85. The SMILES string of the molecule is CC[C@@H](C)NC(=O)[C@@H](Cc1ccccc1)N(Cc1ccc(Br)cc1)C(=O)CN(c1cc(C)ccc1C)S(C)(=O)=O. The highest BCUT2D eigenvalue weighted by molar-refractivity contribution is 9.10. The van der Waals surface area contributed by atoms with Gasteiger partial charge in [-0.05, 0) is 67.6 Å². The molecule has 2 atom stereocenters. The van der Waals surface area contributed by atoms with Gasteiger partial charge < -0.3 is 10.2 Å². The van der Waals surface area contributed by atoms with Crippen molar-refractivity contribution in [3.8, 4) is 0 Å². The van der Waals surface area contributed by atoms with Crippen LogP contribution in [0.5, 0.6) is 0 Å². The molecular weight excluding hydrogens is 590 g/mol. The van der Waals surface area contributed by atoms with Crippen molar-refractivity contribution in [2.45, 2.75) is 59.2 Å². The number of anilines is 1. The molecule has 7 nitrogen and oxygen atoms in total. The van der Waals surface area contributed by atoms with Gasteiger partial charge in [-0.3, -0.25) is 13.9 Å². The van der Waals surface area contributed by atoms with Crippen LogP contribution in [0.15, 0.2) is 77.3 Å². The fourth-order valence-electron chi connectivity index (χ4n) is 4.36. The van der Waals surface area contributed by atoms with Crippen LogP contribution in [0.2, 0.25) is 0 Å². The van der Waals surface area contributed by atoms with E-state index in [4.69, 9.17) is 0 Å². The van der Waals surface area contributed by atoms with Crippen molar-refractivity contribution in [3.05, 3.63) is 99.5 Å². The van der Waals surface area contributed by atoms with E-state index in [0.29, 0.717) is 5.69 Å². The topological polar surface area (TPSA) is 86.8 Å². The van der Waals surface area contributed by atoms with Gasteiger partial charge in [0.1, 0.15) is 12.6 Å². The van der Waals surface area contributed by atoms with Crippen molar-refractivity contribution in [1.29, 1.82) is 0 Å². The average Bonchev–Trinajstić information content (AvgIpc) is 2.91. The van der Waals surface area contributed by atoms with Crippen molar-refractivity contribution < 1.29 is 18.0 Å². The molecule has 0 saturated heterocycles. The lowest BCUT2D eigenvalue weighted by Crippen LogP contribution is -2.54. The number of hydrogen-bond donors (Lipinski definition) is 1. The molecule has 9 heteroatoms. The predicted octanol–water partition coefficient (Wildman–Crippen LogP) is 5.39. The van der Waals surface area contributed by atoms with Crippen LogP contribution in [0.25, 0.3) is 0 Å². The van der Waals surface area contributed by atoms with E-state index in [1.54, 1.807) is 6.07 Å². The van der Waals surface area contributed by atoms with E-state index >= 15 is 0 Å². The minimum absolute atomic E-state index is 0.0853. The van der Waals surface area contributed by atoms with Crippen LogP contribution in [0.3, 0.4) is 0 Å². The lowest BCUT2D eigenvalue weighted by molar-refractivity contribution is -0.140. The smallest absolute Gasteiger partial charge is 0.244 e. The van der Waals surface area contributed by atoms with E-state index in [0.717, 1.165) is 43.7 Å². The van der Waals surface area contributed by atoms with Crippen molar-refractivity contribution in [3.63, 3.8) is 0 Å². The molecule has 40 heavy (non-hydrogen) atoms. The number of sulfonamides is 1. The van der Waals surface area contributed by atoms with Gasteiger partial charge in [0.05, 0.1) is 11.9 Å². The summed E-state index contributed by atoms with van der Waals surface area (Å²) >= 11 is 3.45. The van der Waals surface area contributed by atoms with Gasteiger partial charge in [0, 0.05) is 23.5 Å². The summed E-state index contributed by atoms with van der Waals surface area (Å²) in [6, 6.07) is 21.6. The first-order chi connectivity index (χ1) is 18.9. The largest absolute Gasteiger partial charge is 0.352 e. The summed E-state index contributed by atoms with van der Waals surface area (Å²) in [4.78, 5) is 29.4. The standard InChI is InChI=1S/C31H38BrN3O4S/c1-6-24(4)33-31(37)29(19-25-10-8-7-9-11-25)34(20-26-14-16-27(32)17-15-26)30(36)21-35(40(5,38)39)28-18-22(2)12-13-23(28)3/h7-18,24,29H,6,19-21H2,1-5H3,(H,33,37)/t24-,29-/m1/s1. The number of aryl methyl sites for hydroxylation is 2. The molecule has 3 aromatic rings. The number of nitrogens with zero attached hydrogens (tertiary/aromatic N) is 2. The van der Waals surface area contributed by atoms with Crippen LogP contribution in [-0.2, 0) is 32.6 Å². The zero-order valence-corrected chi connectivity index (χ0v) is 26.1. The van der Waals surface area contributed by atoms with Gasteiger partial charge in [0.25, 0.3) is 0 Å². The minimum Gasteiger partial charge on any atom is -0.352 e. The Bertz CT molecular complexity index is 1410. The first-order valence-corrected chi connectivity index (χ1v) is 16.0. The van der Waals surface area contributed by atoms with Crippen LogP contribution in [0, 0.1) is 13.8 Å². The Morgan fingerprint density at radius 3 is 2.20 bits per heavy atom. The molecule has 0 spiro atoms. The molecule has 0 bridgehead atoms. The quantitative estimate of drug-likeness (QED) is 0.292. The van der Waals surface area contributed by atoms with Crippen molar-refractivity contribution in [1.82, 2.24) is 10.2 Å². The summed E-state index contributed by atoms with van der Waals surface area (Å²) in [5.41, 5.74) is 3.78. The molecule has 0 radical (unpaired) electrons. The molecule has 0 heterocycles. The van der Waals surface area contributed by atoms with Crippen LogP contribution < -0.4 is 9.62 Å². The maximum absolute atomic E-state index is 14.2. The van der Waals surface area contributed by atoms with E-state index in [1.807, 2.05) is 94.4 Å². The number of amides is 2. The molecule has 0 fully saturated rings. The van der Waals surface area contributed by atoms with Gasteiger partial charge >= 0.3 is 0 Å². The number of benzene rings is 3. The maximum Gasteiger partial charge on any atom is 0.244 e. The molecule has 1 N–H and O–H groups in total. The summed E-state index contributed by atoms with van der Waals surface area (Å²) in [6.45, 7) is 7.30. The lowest BCUT2D eigenvalue weighted by Gasteiger charge is -2.34. The Labute approximate surface area is 246 Å². The number of rotatable bonds is 12. The summed E-state index contributed by atoms with van der Waals surface area (Å²) in [5.74, 6) is -0.740. The van der Waals surface area contributed by atoms with E-state index in [1.165, 1.54) is 4.90 Å². The van der Waals surface area contributed by atoms with Gasteiger partial charge in [-0.25, -0.2) is 8.42 Å². The summed E-state index contributed by atoms with van der Waals surface area (Å²) < 4.78 is 28.0. The Hall–Kier alpha value is -3.17. The predicted molar refractivity (Wildman–Crippen MR) is 165 cm³/mol. The molecule has 0 aromatic heterocycles. The van der Waals surface area contributed by atoms with Gasteiger partial charge in [-0.1, -0.05) is 77.5 Å². The zero-order valence-electron chi connectivity index (χ0n) is 23.7. The molecule has 0 aliphatic rings. The molecule has 0 aliphatic heterocycles. The van der Waals surface area contributed by atoms with Crippen molar-refractivity contribution in [2.75, 3.05) is 17.1 Å². The lowest BCUT2D eigenvalue weighted by atomic mass is 10.0. The van der Waals surface area contributed by atoms with Gasteiger partial charge in [0.2, 0.25) is 21.8 Å². The van der Waals surface area contributed by atoms with Gasteiger partial charge in [0.15, 0.2) is 0 Å². The molecule has 0 saturated carbocycles. The fraction of sp³-hybridized carbons (Fsp3) is 0.355. The average molecular weight is 629 g/mol. The second-order valence-electron chi connectivity index (χ2n) is 10.2. The summed E-state index contributed by atoms with van der Waals surface area (Å²) in [7, 11) is -3.81. The Kier molecular flexibility index (Phi) is 10.9. The number of carbonyl (C=O) groups is 2. The van der Waals surface area contributed by atoms with E-state index < -0.39 is 28.5 Å². The summed E-state index contributed by atoms with van der Waals surface area (Å²) in [6.07, 6.45) is 2.12. The zero-order chi connectivity index (χ0) is 29.4. The van der Waals surface area contributed by atoms with Crippen LogP contribution in [0.4, 0.5) is 5.69 Å². The minimum atomic E-state index is -3.81. The van der Waals surface area contributed by atoms with Crippen molar-refractivity contribution >= 4 is 43.5 Å². The van der Waals surface area contributed by atoms with Gasteiger partial charge in [-0.2, -0.15) is 0 Å². The van der Waals surface area contributed by atoms with E-state index in [2.05, 4.69) is 21.2 Å². The van der Waals surface area contributed by atoms with Crippen LogP contribution >= 0.6 is 15.9 Å². The Morgan fingerprint density at radius 2 is 1.60 bits per heavy atom. The molecule has 0 unspecified atom stereocenters. The van der Waals surface area contributed by atoms with Crippen LogP contribution in [0.1, 0.15) is 42.5 Å². The molecular formula is C31H38BrN3O4S. The third-order valence-corrected chi connectivity index (χ3v) is 8.51. The number of hydrogen-bond acceptors (Lipinski definition) is 4. The molecule has 0 aliphatic carbocycles. The fourth-order valence-corrected chi connectivity index (χ4v) is 5.53. The normalized spacial score (nSPS) is 12.8. The highest BCUT2D eigenvalue weighted by Gasteiger charge is 2.33. The van der Waals surface area contributed by atoms with Crippen molar-refractivity contribution in [2.24, 2.45) is 0 Å². The number of carbonyl (C=O) groups excluding carboxylic acids is 2. The Morgan fingerprint density at radius 1 is 0.950 bits per heavy atom.